The van der Waals surface area contributed by atoms with Gasteiger partial charge in [-0.2, -0.15) is 0 Å². The van der Waals surface area contributed by atoms with Crippen molar-refractivity contribution in [1.82, 2.24) is 14.5 Å². The fourth-order valence-corrected chi connectivity index (χ4v) is 4.11. The number of ketones is 1. The van der Waals surface area contributed by atoms with E-state index in [1.807, 2.05) is 10.8 Å². The van der Waals surface area contributed by atoms with E-state index in [-0.39, 0.29) is 11.3 Å². The van der Waals surface area contributed by atoms with Gasteiger partial charge in [0.05, 0.1) is 25.1 Å². The molecule has 180 valence electrons. The molecule has 1 fully saturated rings. The van der Waals surface area contributed by atoms with Crippen molar-refractivity contribution < 1.29 is 24.2 Å². The number of aryl methyl sites for hydroxylation is 1. The molecule has 2 aromatic carbocycles. The van der Waals surface area contributed by atoms with Gasteiger partial charge in [0.2, 0.25) is 0 Å². The number of carbonyl (C=O) groups excluding carboxylic acids is 2. The van der Waals surface area contributed by atoms with Crippen LogP contribution in [0.2, 0.25) is 0 Å². The van der Waals surface area contributed by atoms with Crippen molar-refractivity contribution in [3.63, 3.8) is 0 Å². The number of hydrogen-bond donors (Lipinski definition) is 1. The normalized spacial score (nSPS) is 16.9. The fourth-order valence-electron chi connectivity index (χ4n) is 4.11. The van der Waals surface area contributed by atoms with E-state index in [1.165, 1.54) is 4.90 Å². The maximum absolute atomic E-state index is 13.2. The molecule has 1 aliphatic heterocycles. The summed E-state index contributed by atoms with van der Waals surface area (Å²) in [6.45, 7) is 4.96. The first-order valence-electron chi connectivity index (χ1n) is 11.3. The van der Waals surface area contributed by atoms with Crippen molar-refractivity contribution in [2.75, 3.05) is 20.3 Å². The van der Waals surface area contributed by atoms with Crippen molar-refractivity contribution in [3.8, 4) is 11.5 Å². The second-order valence-corrected chi connectivity index (χ2v) is 8.04. The average molecular weight is 474 g/mol. The standard InChI is InChI=1S/C27H27N3O5/c1-3-17-35-22-11-7-20(8-12-22)25(31)23-24(19-5-9-21(34-2)10-6-19)30(27(33)26(23)32)15-4-14-29-16-13-28-18-29/h3,5-13,16,18,24,31H,1,4,14-15,17H2,2H3/b25-23+. The Morgan fingerprint density at radius 1 is 1.09 bits per heavy atom. The van der Waals surface area contributed by atoms with E-state index in [2.05, 4.69) is 11.6 Å². The average Bonchev–Trinajstić information content (AvgIpc) is 3.50. The number of aliphatic hydroxyl groups is 1. The number of carbonyl (C=O) groups is 2. The highest BCUT2D eigenvalue weighted by Crippen LogP contribution is 2.40. The molecule has 8 heteroatoms. The summed E-state index contributed by atoms with van der Waals surface area (Å²) in [7, 11) is 1.57. The van der Waals surface area contributed by atoms with Crippen LogP contribution in [0.25, 0.3) is 5.76 Å². The molecule has 1 unspecified atom stereocenters. The number of ether oxygens (including phenoxy) is 2. The molecule has 0 radical (unpaired) electrons. The molecular formula is C27H27N3O5. The zero-order valence-corrected chi connectivity index (χ0v) is 19.5. The molecule has 0 spiro atoms. The number of methoxy groups -OCH3 is 1. The summed E-state index contributed by atoms with van der Waals surface area (Å²) in [4.78, 5) is 31.8. The molecule has 1 N–H and O–H groups in total. The molecule has 1 aliphatic rings. The van der Waals surface area contributed by atoms with Gasteiger partial charge >= 0.3 is 0 Å². The lowest BCUT2D eigenvalue weighted by Gasteiger charge is -2.25. The van der Waals surface area contributed by atoms with Gasteiger partial charge in [-0.15, -0.1) is 0 Å². The van der Waals surface area contributed by atoms with Gasteiger partial charge in [-0.1, -0.05) is 24.8 Å². The molecule has 1 atom stereocenters. The maximum Gasteiger partial charge on any atom is 0.295 e. The van der Waals surface area contributed by atoms with E-state index in [0.29, 0.717) is 48.7 Å². The Hall–Kier alpha value is -4.33. The van der Waals surface area contributed by atoms with Gasteiger partial charge < -0.3 is 24.0 Å². The minimum Gasteiger partial charge on any atom is -0.507 e. The predicted octanol–water partition coefficient (Wildman–Crippen LogP) is 3.97. The van der Waals surface area contributed by atoms with E-state index in [9.17, 15) is 14.7 Å². The van der Waals surface area contributed by atoms with E-state index >= 15 is 0 Å². The number of hydrogen-bond acceptors (Lipinski definition) is 6. The number of rotatable bonds is 10. The highest BCUT2D eigenvalue weighted by atomic mass is 16.5. The Balaban J connectivity index is 1.69. The van der Waals surface area contributed by atoms with Crippen LogP contribution in [0.1, 0.15) is 23.6 Å². The lowest BCUT2D eigenvalue weighted by Crippen LogP contribution is -2.31. The zero-order valence-electron chi connectivity index (χ0n) is 19.5. The zero-order chi connectivity index (χ0) is 24.8. The summed E-state index contributed by atoms with van der Waals surface area (Å²) in [5, 5.41) is 11.2. The second-order valence-electron chi connectivity index (χ2n) is 8.04. The fraction of sp³-hybridized carbons (Fsp3) is 0.222. The lowest BCUT2D eigenvalue weighted by molar-refractivity contribution is -0.139. The van der Waals surface area contributed by atoms with Crippen LogP contribution in [-0.2, 0) is 16.1 Å². The van der Waals surface area contributed by atoms with Crippen molar-refractivity contribution in [2.45, 2.75) is 19.0 Å². The monoisotopic (exact) mass is 473 g/mol. The van der Waals surface area contributed by atoms with E-state index in [4.69, 9.17) is 9.47 Å². The molecule has 1 amide bonds. The third kappa shape index (κ3) is 5.11. The van der Waals surface area contributed by atoms with Crippen LogP contribution in [0.3, 0.4) is 0 Å². The molecular weight excluding hydrogens is 446 g/mol. The van der Waals surface area contributed by atoms with Gasteiger partial charge in [0.15, 0.2) is 0 Å². The molecule has 35 heavy (non-hydrogen) atoms. The van der Waals surface area contributed by atoms with Crippen molar-refractivity contribution in [2.24, 2.45) is 0 Å². The topological polar surface area (TPSA) is 93.9 Å². The van der Waals surface area contributed by atoms with Crippen molar-refractivity contribution >= 4 is 17.4 Å². The highest BCUT2D eigenvalue weighted by Gasteiger charge is 2.45. The smallest absolute Gasteiger partial charge is 0.295 e. The predicted molar refractivity (Wildman–Crippen MR) is 131 cm³/mol. The number of aromatic nitrogens is 2. The van der Waals surface area contributed by atoms with Gasteiger partial charge in [-0.05, 0) is 48.4 Å². The van der Waals surface area contributed by atoms with Crippen molar-refractivity contribution in [3.05, 3.63) is 96.6 Å². The van der Waals surface area contributed by atoms with Crippen LogP contribution < -0.4 is 9.47 Å². The summed E-state index contributed by atoms with van der Waals surface area (Å²) in [5.74, 6) is -0.313. The number of amides is 1. The van der Waals surface area contributed by atoms with Crippen LogP contribution in [0, 0.1) is 0 Å². The molecule has 1 saturated heterocycles. The molecule has 4 rings (SSSR count). The summed E-state index contributed by atoms with van der Waals surface area (Å²) < 4.78 is 12.7. The van der Waals surface area contributed by atoms with Gasteiger partial charge in [0.1, 0.15) is 23.9 Å². The summed E-state index contributed by atoms with van der Waals surface area (Å²) >= 11 is 0. The number of benzene rings is 2. The molecule has 1 aromatic heterocycles. The number of Topliss-reactive ketones (excluding diaryl/α,β-unsaturated/α-hetero) is 1. The second kappa shape index (κ2) is 10.7. The van der Waals surface area contributed by atoms with E-state index in [0.717, 1.165) is 0 Å². The Labute approximate surface area is 203 Å². The summed E-state index contributed by atoms with van der Waals surface area (Å²) in [5.41, 5.74) is 1.19. The van der Waals surface area contributed by atoms with Gasteiger partial charge in [-0.3, -0.25) is 9.59 Å². The van der Waals surface area contributed by atoms with Gasteiger partial charge in [-0.25, -0.2) is 4.98 Å². The maximum atomic E-state index is 13.2. The van der Waals surface area contributed by atoms with Crippen LogP contribution in [0.4, 0.5) is 0 Å². The Kier molecular flexibility index (Phi) is 7.30. The molecule has 3 aromatic rings. The van der Waals surface area contributed by atoms with Gasteiger partial charge in [0.25, 0.3) is 11.7 Å². The Morgan fingerprint density at radius 2 is 1.80 bits per heavy atom. The first kappa shape index (κ1) is 23.8. The minimum atomic E-state index is -0.722. The number of likely N-dealkylation sites (tertiary alicyclic amines) is 1. The largest absolute Gasteiger partial charge is 0.507 e. The van der Waals surface area contributed by atoms with Crippen LogP contribution >= 0.6 is 0 Å². The first-order valence-corrected chi connectivity index (χ1v) is 11.3. The Morgan fingerprint density at radius 3 is 2.43 bits per heavy atom. The molecule has 0 bridgehead atoms. The van der Waals surface area contributed by atoms with Crippen LogP contribution in [0.5, 0.6) is 11.5 Å². The quantitative estimate of drug-likeness (QED) is 0.207. The molecule has 2 heterocycles. The lowest BCUT2D eigenvalue weighted by atomic mass is 9.95. The third-order valence-corrected chi connectivity index (χ3v) is 5.84. The van der Waals surface area contributed by atoms with Gasteiger partial charge in [0, 0.05) is 31.0 Å². The third-order valence-electron chi connectivity index (χ3n) is 5.84. The first-order chi connectivity index (χ1) is 17.0. The van der Waals surface area contributed by atoms with E-state index < -0.39 is 17.7 Å². The Bertz CT molecular complexity index is 1210. The summed E-state index contributed by atoms with van der Waals surface area (Å²) in [6, 6.07) is 13.1. The molecule has 0 aliphatic carbocycles. The van der Waals surface area contributed by atoms with Crippen LogP contribution in [0.15, 0.2) is 85.5 Å². The minimum absolute atomic E-state index is 0.0579. The number of aliphatic hydroxyl groups excluding tert-OH is 1. The number of imidazole rings is 1. The number of nitrogens with zero attached hydrogens (tertiary/aromatic N) is 3. The van der Waals surface area contributed by atoms with Crippen molar-refractivity contribution in [1.29, 1.82) is 0 Å². The molecule has 0 saturated carbocycles. The SMILES string of the molecule is C=CCOc1ccc(/C(O)=C2\C(=O)C(=O)N(CCCn3ccnc3)C2c2ccc(OC)cc2)cc1. The molecule has 8 nitrogen and oxygen atoms in total. The highest BCUT2D eigenvalue weighted by molar-refractivity contribution is 6.46. The van der Waals surface area contributed by atoms with Crippen LogP contribution in [-0.4, -0.2) is 51.5 Å². The summed E-state index contributed by atoms with van der Waals surface area (Å²) in [6.07, 6.45) is 7.49. The van der Waals surface area contributed by atoms with E-state index in [1.54, 1.807) is 74.2 Å².